The number of hydrogen-bond acceptors (Lipinski definition) is 5. The minimum atomic E-state index is -3.74. The molecule has 2 aromatic rings. The molecule has 2 aromatic carbocycles. The molecule has 1 aliphatic rings. The molecule has 8 heteroatoms. The molecule has 181 valence electrons. The SMILES string of the molecule is COc1cc2c(cc1NS(=O)(=O)CCl)OC(C)(C)[C@@](O)(CCc1ccccc1)[C]2C(C)(C)C. The minimum absolute atomic E-state index is 0.232. The van der Waals surface area contributed by atoms with Crippen LogP contribution >= 0.6 is 11.6 Å². The van der Waals surface area contributed by atoms with Gasteiger partial charge >= 0.3 is 0 Å². The number of aliphatic hydroxyl groups is 1. The predicted octanol–water partition coefficient (Wildman–Crippen LogP) is 5.14. The molecule has 3 rings (SSSR count). The molecule has 0 amide bonds. The molecule has 0 unspecified atom stereocenters. The maximum absolute atomic E-state index is 12.2. The first kappa shape index (κ1) is 25.7. The summed E-state index contributed by atoms with van der Waals surface area (Å²) in [6.45, 7) is 9.88. The van der Waals surface area contributed by atoms with Crippen LogP contribution in [0.1, 0.15) is 52.2 Å². The number of anilines is 1. The summed E-state index contributed by atoms with van der Waals surface area (Å²) in [5, 5.41) is 11.6. The molecular weight excluding hydrogens is 462 g/mol. The number of aryl methyl sites for hydroxylation is 1. The van der Waals surface area contributed by atoms with E-state index in [2.05, 4.69) is 25.5 Å². The lowest BCUT2D eigenvalue weighted by Gasteiger charge is -2.55. The van der Waals surface area contributed by atoms with Gasteiger partial charge in [0.2, 0.25) is 10.0 Å². The molecule has 1 atom stereocenters. The van der Waals surface area contributed by atoms with Crippen LogP contribution in [0.25, 0.3) is 0 Å². The molecule has 6 nitrogen and oxygen atoms in total. The van der Waals surface area contributed by atoms with Crippen molar-refractivity contribution in [3.63, 3.8) is 0 Å². The summed E-state index contributed by atoms with van der Waals surface area (Å²) in [5.41, 5.74) is -0.614. The van der Waals surface area contributed by atoms with Gasteiger partial charge in [0, 0.05) is 17.5 Å². The van der Waals surface area contributed by atoms with E-state index in [1.54, 1.807) is 12.1 Å². The summed E-state index contributed by atoms with van der Waals surface area (Å²) < 4.78 is 38.5. The number of nitrogens with one attached hydrogen (secondary N) is 1. The molecule has 0 saturated carbocycles. The summed E-state index contributed by atoms with van der Waals surface area (Å²) in [5.74, 6) is 1.61. The van der Waals surface area contributed by atoms with Crippen LogP contribution in [0.4, 0.5) is 5.69 Å². The number of benzene rings is 2. The molecule has 0 spiro atoms. The third-order valence-electron chi connectivity index (χ3n) is 6.12. The molecule has 2 N–H and O–H groups in total. The first-order valence-electron chi connectivity index (χ1n) is 10.9. The molecule has 1 radical (unpaired) electrons. The van der Waals surface area contributed by atoms with Crippen LogP contribution in [0.15, 0.2) is 42.5 Å². The van der Waals surface area contributed by atoms with Crippen molar-refractivity contribution < 1.29 is 23.0 Å². The predicted molar refractivity (Wildman–Crippen MR) is 132 cm³/mol. The highest BCUT2D eigenvalue weighted by molar-refractivity contribution is 7.93. The van der Waals surface area contributed by atoms with E-state index in [1.165, 1.54) is 7.11 Å². The van der Waals surface area contributed by atoms with Crippen LogP contribution in [0.2, 0.25) is 0 Å². The summed E-state index contributed by atoms with van der Waals surface area (Å²) >= 11 is 5.57. The average molecular weight is 495 g/mol. The Morgan fingerprint density at radius 3 is 2.33 bits per heavy atom. The third-order valence-corrected chi connectivity index (χ3v) is 7.80. The minimum Gasteiger partial charge on any atom is -0.495 e. The van der Waals surface area contributed by atoms with Gasteiger partial charge in [0.1, 0.15) is 27.9 Å². The van der Waals surface area contributed by atoms with Crippen molar-refractivity contribution in [2.45, 2.75) is 58.7 Å². The van der Waals surface area contributed by atoms with Gasteiger partial charge < -0.3 is 14.6 Å². The van der Waals surface area contributed by atoms with Crippen LogP contribution in [-0.2, 0) is 16.4 Å². The van der Waals surface area contributed by atoms with Crippen molar-refractivity contribution >= 4 is 27.3 Å². The fourth-order valence-electron chi connectivity index (χ4n) is 4.59. The van der Waals surface area contributed by atoms with E-state index in [9.17, 15) is 13.5 Å². The van der Waals surface area contributed by atoms with Gasteiger partial charge in [0.15, 0.2) is 0 Å². The van der Waals surface area contributed by atoms with Gasteiger partial charge in [-0.15, -0.1) is 11.6 Å². The molecule has 0 aromatic heterocycles. The lowest BCUT2D eigenvalue weighted by Crippen LogP contribution is -2.63. The number of methoxy groups -OCH3 is 1. The zero-order valence-corrected chi connectivity index (χ0v) is 21.6. The van der Waals surface area contributed by atoms with Gasteiger partial charge in [0.05, 0.1) is 12.8 Å². The van der Waals surface area contributed by atoms with E-state index >= 15 is 0 Å². The Morgan fingerprint density at radius 2 is 1.79 bits per heavy atom. The second kappa shape index (κ2) is 9.01. The number of ether oxygens (including phenoxy) is 2. The van der Waals surface area contributed by atoms with Gasteiger partial charge in [-0.2, -0.15) is 0 Å². The van der Waals surface area contributed by atoms with Crippen LogP contribution in [0.5, 0.6) is 11.5 Å². The topological polar surface area (TPSA) is 84.9 Å². The molecule has 0 bridgehead atoms. The maximum Gasteiger partial charge on any atom is 0.246 e. The lowest BCUT2D eigenvalue weighted by molar-refractivity contribution is -0.129. The average Bonchev–Trinajstić information content (AvgIpc) is 2.72. The maximum atomic E-state index is 12.2. The lowest BCUT2D eigenvalue weighted by atomic mass is 9.59. The van der Waals surface area contributed by atoms with Crippen molar-refractivity contribution in [3.05, 3.63) is 59.5 Å². The number of fused-ring (bicyclic) bond motifs is 1. The Labute approximate surface area is 202 Å². The van der Waals surface area contributed by atoms with Crippen LogP contribution in [0, 0.1) is 11.3 Å². The first-order chi connectivity index (χ1) is 15.2. The van der Waals surface area contributed by atoms with E-state index < -0.39 is 31.9 Å². The van der Waals surface area contributed by atoms with E-state index in [0.29, 0.717) is 29.9 Å². The summed E-state index contributed by atoms with van der Waals surface area (Å²) in [4.78, 5) is 0. The Bertz CT molecular complexity index is 1100. The summed E-state index contributed by atoms with van der Waals surface area (Å²) in [7, 11) is -2.28. The molecule has 0 fully saturated rings. The van der Waals surface area contributed by atoms with E-state index in [0.717, 1.165) is 11.5 Å². The quantitative estimate of drug-likeness (QED) is 0.521. The number of halogens is 1. The van der Waals surface area contributed by atoms with Crippen molar-refractivity contribution in [2.75, 3.05) is 17.0 Å². The highest BCUT2D eigenvalue weighted by Gasteiger charge is 2.59. The van der Waals surface area contributed by atoms with E-state index in [1.807, 2.05) is 44.2 Å². The second-order valence-electron chi connectivity index (χ2n) is 9.96. The zero-order valence-electron chi connectivity index (χ0n) is 20.0. The van der Waals surface area contributed by atoms with Crippen LogP contribution in [0.3, 0.4) is 0 Å². The normalized spacial score (nSPS) is 20.6. The van der Waals surface area contributed by atoms with Gasteiger partial charge in [-0.1, -0.05) is 51.1 Å². The standard InChI is InChI=1S/C25H33ClNO5S/c1-23(2,3)22-18-14-21(31-6)19(27-33(29,30)16-26)15-20(18)32-24(4,5)25(22,28)13-12-17-10-8-7-9-11-17/h7-11,14-15,27-28H,12-13,16H2,1-6H3/t25-/m1/s1. The van der Waals surface area contributed by atoms with Gasteiger partial charge in [-0.05, 0) is 43.7 Å². The number of hydrogen-bond donors (Lipinski definition) is 2. The highest BCUT2D eigenvalue weighted by Crippen LogP contribution is 2.57. The summed E-state index contributed by atoms with van der Waals surface area (Å²) in [6.07, 6.45) is 1.13. The van der Waals surface area contributed by atoms with Crippen molar-refractivity contribution in [2.24, 2.45) is 5.41 Å². The first-order valence-corrected chi connectivity index (χ1v) is 13.0. The molecule has 0 aliphatic carbocycles. The number of rotatable bonds is 7. The molecule has 0 saturated heterocycles. The molecular formula is C25H33ClNO5S. The van der Waals surface area contributed by atoms with Crippen LogP contribution in [-0.4, -0.2) is 37.0 Å². The second-order valence-corrected chi connectivity index (χ2v) is 12.3. The molecule has 1 heterocycles. The van der Waals surface area contributed by atoms with Gasteiger partial charge in [0.25, 0.3) is 0 Å². The van der Waals surface area contributed by atoms with E-state index in [-0.39, 0.29) is 5.69 Å². The molecule has 33 heavy (non-hydrogen) atoms. The van der Waals surface area contributed by atoms with Crippen molar-refractivity contribution in [1.82, 2.24) is 0 Å². The van der Waals surface area contributed by atoms with Gasteiger partial charge in [-0.3, -0.25) is 4.72 Å². The van der Waals surface area contributed by atoms with E-state index in [4.69, 9.17) is 21.1 Å². The fourth-order valence-corrected chi connectivity index (χ4v) is 5.30. The van der Waals surface area contributed by atoms with Gasteiger partial charge in [-0.25, -0.2) is 8.42 Å². The zero-order chi connectivity index (χ0) is 24.7. The van der Waals surface area contributed by atoms with Crippen molar-refractivity contribution in [3.8, 4) is 11.5 Å². The number of sulfonamides is 1. The number of alkyl halides is 1. The molecule has 1 aliphatic heterocycles. The Morgan fingerprint density at radius 1 is 1.15 bits per heavy atom. The largest absolute Gasteiger partial charge is 0.495 e. The Kier molecular flexibility index (Phi) is 7.00. The summed E-state index contributed by atoms with van der Waals surface area (Å²) in [6, 6.07) is 13.4. The van der Waals surface area contributed by atoms with Crippen molar-refractivity contribution in [1.29, 1.82) is 0 Å². The third kappa shape index (κ3) is 5.10. The smallest absolute Gasteiger partial charge is 0.246 e. The Balaban J connectivity index is 2.13. The Hall–Kier alpha value is -1.96. The highest BCUT2D eigenvalue weighted by atomic mass is 35.5. The monoisotopic (exact) mass is 494 g/mol. The fraction of sp³-hybridized carbons (Fsp3) is 0.480. The van der Waals surface area contributed by atoms with Crippen LogP contribution < -0.4 is 14.2 Å².